The van der Waals surface area contributed by atoms with Crippen LogP contribution in [0.3, 0.4) is 0 Å². The van der Waals surface area contributed by atoms with Crippen LogP contribution in [0.15, 0.2) is 21.5 Å². The van der Waals surface area contributed by atoms with Crippen LogP contribution in [0, 0.1) is 11.6 Å². The van der Waals surface area contributed by atoms with Gasteiger partial charge in [0.15, 0.2) is 0 Å². The van der Waals surface area contributed by atoms with Gasteiger partial charge in [-0.2, -0.15) is 4.31 Å². The van der Waals surface area contributed by atoms with Crippen LogP contribution < -0.4 is 5.32 Å². The number of nitrogens with zero attached hydrogens (tertiary/aromatic N) is 1. The molecule has 4 nitrogen and oxygen atoms in total. The van der Waals surface area contributed by atoms with Crippen molar-refractivity contribution in [2.24, 2.45) is 0 Å². The summed E-state index contributed by atoms with van der Waals surface area (Å²) in [6, 6.07) is 2.04. The third kappa shape index (κ3) is 3.31. The molecule has 9 heteroatoms. The van der Waals surface area contributed by atoms with Crippen LogP contribution in [0.25, 0.3) is 0 Å². The molecule has 2 unspecified atom stereocenters. The molecule has 124 valence electrons. The van der Waals surface area contributed by atoms with E-state index < -0.39 is 26.6 Å². The number of nitrogens with one attached hydrogen (secondary N) is 1. The third-order valence-corrected chi connectivity index (χ3v) is 6.57. The predicted molar refractivity (Wildman–Crippen MR) is 84.6 cm³/mol. The summed E-state index contributed by atoms with van der Waals surface area (Å²) < 4.78 is 53.6. The van der Waals surface area contributed by atoms with Crippen LogP contribution >= 0.6 is 28.3 Å². The zero-order valence-corrected chi connectivity index (χ0v) is 14.8. The molecule has 0 saturated carbocycles. The van der Waals surface area contributed by atoms with Crippen molar-refractivity contribution in [2.75, 3.05) is 13.1 Å². The van der Waals surface area contributed by atoms with Gasteiger partial charge in [-0.25, -0.2) is 17.2 Å². The maximum atomic E-state index is 13.9. The van der Waals surface area contributed by atoms with E-state index in [1.807, 2.05) is 0 Å². The number of fused-ring (bicyclic) bond motifs is 2. The van der Waals surface area contributed by atoms with Gasteiger partial charge in [0.1, 0.15) is 16.5 Å². The second kappa shape index (κ2) is 6.68. The number of halogens is 4. The van der Waals surface area contributed by atoms with Crippen molar-refractivity contribution in [3.63, 3.8) is 0 Å². The van der Waals surface area contributed by atoms with Gasteiger partial charge in [-0.15, -0.1) is 12.4 Å². The summed E-state index contributed by atoms with van der Waals surface area (Å²) in [5.41, 5.74) is 0. The molecule has 22 heavy (non-hydrogen) atoms. The minimum Gasteiger partial charge on any atom is -0.310 e. The van der Waals surface area contributed by atoms with Gasteiger partial charge < -0.3 is 5.32 Å². The Morgan fingerprint density at radius 3 is 2.55 bits per heavy atom. The van der Waals surface area contributed by atoms with Crippen molar-refractivity contribution < 1.29 is 17.2 Å². The second-order valence-corrected chi connectivity index (χ2v) is 8.25. The highest BCUT2D eigenvalue weighted by molar-refractivity contribution is 9.10. The van der Waals surface area contributed by atoms with Gasteiger partial charge in [0, 0.05) is 31.2 Å². The minimum absolute atomic E-state index is 0. The smallest absolute Gasteiger partial charge is 0.246 e. The van der Waals surface area contributed by atoms with E-state index >= 15 is 0 Å². The summed E-state index contributed by atoms with van der Waals surface area (Å²) in [6.07, 6.45) is 2.68. The van der Waals surface area contributed by atoms with Gasteiger partial charge in [-0.1, -0.05) is 0 Å². The molecule has 2 heterocycles. The number of benzene rings is 1. The zero-order valence-electron chi connectivity index (χ0n) is 11.6. The van der Waals surface area contributed by atoms with E-state index in [9.17, 15) is 17.2 Å². The molecule has 0 aromatic heterocycles. The maximum absolute atomic E-state index is 13.9. The Balaban J connectivity index is 0.00000176. The molecule has 2 saturated heterocycles. The first-order valence-corrected chi connectivity index (χ1v) is 9.02. The normalized spacial score (nSPS) is 25.6. The fourth-order valence-electron chi connectivity index (χ4n) is 2.97. The topological polar surface area (TPSA) is 49.4 Å². The Hall–Kier alpha value is -0.280. The van der Waals surface area contributed by atoms with Gasteiger partial charge in [0.25, 0.3) is 0 Å². The lowest BCUT2D eigenvalue weighted by Gasteiger charge is -2.24. The molecule has 2 bridgehead atoms. The van der Waals surface area contributed by atoms with Gasteiger partial charge in [0.05, 0.1) is 4.47 Å². The molecule has 0 radical (unpaired) electrons. The Labute approximate surface area is 142 Å². The van der Waals surface area contributed by atoms with E-state index in [1.54, 1.807) is 0 Å². The number of hydrogen-bond acceptors (Lipinski definition) is 3. The Bertz CT molecular complexity index is 674. The van der Waals surface area contributed by atoms with Crippen LogP contribution in [0.1, 0.15) is 19.3 Å². The molecule has 0 amide bonds. The molecule has 1 aromatic rings. The first-order chi connectivity index (χ1) is 9.88. The highest BCUT2D eigenvalue weighted by Gasteiger charge is 2.36. The fourth-order valence-corrected chi connectivity index (χ4v) is 5.04. The average Bonchev–Trinajstić information content (AvgIpc) is 2.72. The third-order valence-electron chi connectivity index (χ3n) is 4.08. The highest BCUT2D eigenvalue weighted by Crippen LogP contribution is 2.29. The van der Waals surface area contributed by atoms with Crippen LogP contribution in [0.2, 0.25) is 0 Å². The van der Waals surface area contributed by atoms with Gasteiger partial charge >= 0.3 is 0 Å². The molecule has 3 rings (SSSR count). The number of hydrogen-bond donors (Lipinski definition) is 1. The minimum atomic E-state index is -3.96. The first kappa shape index (κ1) is 18.1. The maximum Gasteiger partial charge on any atom is 0.246 e. The van der Waals surface area contributed by atoms with Crippen molar-refractivity contribution >= 4 is 38.4 Å². The van der Waals surface area contributed by atoms with Gasteiger partial charge in [-0.05, 0) is 41.3 Å². The van der Waals surface area contributed by atoms with E-state index in [0.717, 1.165) is 18.9 Å². The zero-order chi connectivity index (χ0) is 15.2. The Morgan fingerprint density at radius 1 is 1.14 bits per heavy atom. The van der Waals surface area contributed by atoms with E-state index in [2.05, 4.69) is 21.2 Å². The summed E-state index contributed by atoms with van der Waals surface area (Å²) in [5, 5.41) is 3.37. The van der Waals surface area contributed by atoms with Crippen molar-refractivity contribution in [3.8, 4) is 0 Å². The largest absolute Gasteiger partial charge is 0.310 e. The van der Waals surface area contributed by atoms with Crippen LogP contribution in [0.4, 0.5) is 8.78 Å². The standard InChI is InChI=1S/C13H15BrF2N2O2S.ClH/c14-10-5-13(12(16)6-11(10)15)21(19,20)18-4-3-8-1-2-9(7-18)17-8;/h5-6,8-9,17H,1-4,7H2;1H. The van der Waals surface area contributed by atoms with Crippen LogP contribution in [-0.4, -0.2) is 37.9 Å². The molecular formula is C13H16BrClF2N2O2S. The second-order valence-electron chi connectivity index (χ2n) is 5.49. The molecule has 2 aliphatic rings. The Kier molecular flexibility index (Phi) is 5.49. The summed E-state index contributed by atoms with van der Waals surface area (Å²) in [7, 11) is -3.96. The molecule has 2 fully saturated rings. The van der Waals surface area contributed by atoms with Crippen LogP contribution in [-0.2, 0) is 10.0 Å². The summed E-state index contributed by atoms with van der Waals surface area (Å²) in [4.78, 5) is -0.478. The van der Waals surface area contributed by atoms with Crippen molar-refractivity contribution in [1.29, 1.82) is 0 Å². The molecule has 1 aromatic carbocycles. The lowest BCUT2D eigenvalue weighted by molar-refractivity contribution is 0.380. The number of sulfonamides is 1. The number of rotatable bonds is 2. The Morgan fingerprint density at radius 2 is 1.82 bits per heavy atom. The predicted octanol–water partition coefficient (Wildman–Crippen LogP) is 2.66. The molecule has 2 atom stereocenters. The highest BCUT2D eigenvalue weighted by atomic mass is 79.9. The fraction of sp³-hybridized carbons (Fsp3) is 0.538. The molecule has 1 N–H and O–H groups in total. The lowest BCUT2D eigenvalue weighted by atomic mass is 10.1. The summed E-state index contributed by atoms with van der Waals surface area (Å²) in [5.74, 6) is -1.87. The van der Waals surface area contributed by atoms with Crippen molar-refractivity contribution in [3.05, 3.63) is 28.2 Å². The summed E-state index contributed by atoms with van der Waals surface area (Å²) >= 11 is 2.91. The first-order valence-electron chi connectivity index (χ1n) is 6.78. The monoisotopic (exact) mass is 416 g/mol. The average molecular weight is 418 g/mol. The van der Waals surface area contributed by atoms with Gasteiger partial charge in [0.2, 0.25) is 10.0 Å². The molecule has 0 aliphatic carbocycles. The van der Waals surface area contributed by atoms with E-state index in [1.165, 1.54) is 4.31 Å². The van der Waals surface area contributed by atoms with E-state index in [0.29, 0.717) is 31.6 Å². The molecule has 0 spiro atoms. The van der Waals surface area contributed by atoms with Gasteiger partial charge in [-0.3, -0.25) is 0 Å². The lowest BCUT2D eigenvalue weighted by Crippen LogP contribution is -2.39. The van der Waals surface area contributed by atoms with Crippen LogP contribution in [0.5, 0.6) is 0 Å². The van der Waals surface area contributed by atoms with E-state index in [-0.39, 0.29) is 22.9 Å². The van der Waals surface area contributed by atoms with Crippen molar-refractivity contribution in [1.82, 2.24) is 9.62 Å². The SMILES string of the molecule is Cl.O=S(=O)(c1cc(Br)c(F)cc1F)N1CCC2CCC(C1)N2. The quantitative estimate of drug-likeness (QED) is 0.753. The van der Waals surface area contributed by atoms with E-state index in [4.69, 9.17) is 0 Å². The molecular weight excluding hydrogens is 402 g/mol. The van der Waals surface area contributed by atoms with Crippen molar-refractivity contribution in [2.45, 2.75) is 36.2 Å². The molecule has 2 aliphatic heterocycles. The summed E-state index contributed by atoms with van der Waals surface area (Å²) in [6.45, 7) is 0.679.